The van der Waals surface area contributed by atoms with Crippen LogP contribution in [0.15, 0.2) is 58.1 Å². The predicted molar refractivity (Wildman–Crippen MR) is 105 cm³/mol. The number of nitrogens with zero attached hydrogens (tertiary/aromatic N) is 2. The van der Waals surface area contributed by atoms with Gasteiger partial charge in [0.05, 0.1) is 25.3 Å². The minimum absolute atomic E-state index is 0.331. The molecule has 0 saturated carbocycles. The second kappa shape index (κ2) is 8.81. The summed E-state index contributed by atoms with van der Waals surface area (Å²) < 4.78 is 31.1. The number of carbonyl (C=O) groups excluding carboxylic acids is 1. The van der Waals surface area contributed by atoms with E-state index in [1.165, 1.54) is 13.3 Å². The molecule has 0 fully saturated rings. The number of hydrazone groups is 1. The molecule has 1 N–H and O–H groups in total. The monoisotopic (exact) mass is 439 g/mol. The lowest BCUT2D eigenvalue weighted by molar-refractivity contribution is -0.119. The lowest BCUT2D eigenvalue weighted by atomic mass is 10.2. The quantitative estimate of drug-likeness (QED) is 0.529. The van der Waals surface area contributed by atoms with Crippen molar-refractivity contribution in [2.45, 2.75) is 0 Å². The number of halogens is 1. The molecule has 0 bridgehead atoms. The van der Waals surface area contributed by atoms with Gasteiger partial charge in [0, 0.05) is 10.5 Å². The van der Waals surface area contributed by atoms with Crippen LogP contribution in [0.3, 0.4) is 0 Å². The third kappa shape index (κ3) is 5.85. The fraction of sp³-hybridized carbons (Fsp3) is 0.176. The molecule has 138 valence electrons. The molecule has 2 aromatic rings. The average Bonchev–Trinajstić information content (AvgIpc) is 2.59. The molecule has 0 aliphatic carbocycles. The third-order valence-electron chi connectivity index (χ3n) is 3.28. The number of methoxy groups -OCH3 is 1. The molecule has 0 heterocycles. The zero-order chi connectivity index (χ0) is 19.2. The van der Waals surface area contributed by atoms with Crippen molar-refractivity contribution < 1.29 is 17.9 Å². The van der Waals surface area contributed by atoms with Gasteiger partial charge in [-0.15, -0.1) is 0 Å². The summed E-state index contributed by atoms with van der Waals surface area (Å²) in [7, 11) is -2.18. The Labute approximate surface area is 160 Å². The van der Waals surface area contributed by atoms with E-state index in [-0.39, 0.29) is 0 Å². The number of hydrogen-bond donors (Lipinski definition) is 1. The molecule has 7 nitrogen and oxygen atoms in total. The first-order valence-corrected chi connectivity index (χ1v) is 10.1. The number of hydrogen-bond acceptors (Lipinski definition) is 5. The van der Waals surface area contributed by atoms with Crippen LogP contribution >= 0.6 is 15.9 Å². The Hall–Kier alpha value is -2.39. The second-order valence-corrected chi connectivity index (χ2v) is 8.14. The lowest BCUT2D eigenvalue weighted by Gasteiger charge is -2.21. The van der Waals surface area contributed by atoms with Crippen LogP contribution in [0.1, 0.15) is 5.56 Å². The van der Waals surface area contributed by atoms with Gasteiger partial charge in [-0.3, -0.25) is 9.10 Å². The minimum atomic E-state index is -3.66. The summed E-state index contributed by atoms with van der Waals surface area (Å²) in [6.45, 7) is -0.401. The molecular weight excluding hydrogens is 422 g/mol. The van der Waals surface area contributed by atoms with Crippen molar-refractivity contribution in [2.24, 2.45) is 5.10 Å². The molecule has 0 aliphatic heterocycles. The Balaban J connectivity index is 2.09. The number of ether oxygens (including phenoxy) is 1. The zero-order valence-electron chi connectivity index (χ0n) is 14.2. The van der Waals surface area contributed by atoms with E-state index in [9.17, 15) is 13.2 Å². The number of carbonyl (C=O) groups is 1. The van der Waals surface area contributed by atoms with E-state index in [0.29, 0.717) is 11.4 Å². The van der Waals surface area contributed by atoms with E-state index in [0.717, 1.165) is 20.6 Å². The number of nitrogens with one attached hydrogen (secondary N) is 1. The Morgan fingerprint density at radius 3 is 2.65 bits per heavy atom. The van der Waals surface area contributed by atoms with E-state index in [1.807, 2.05) is 24.3 Å². The minimum Gasteiger partial charge on any atom is -0.497 e. The summed E-state index contributed by atoms with van der Waals surface area (Å²) in [4.78, 5) is 12.1. The molecule has 0 aliphatic rings. The first kappa shape index (κ1) is 19.9. The summed E-state index contributed by atoms with van der Waals surface area (Å²) in [5.74, 6) is -0.0753. The maximum atomic E-state index is 12.1. The van der Waals surface area contributed by atoms with Gasteiger partial charge in [-0.1, -0.05) is 34.1 Å². The number of sulfonamides is 1. The highest BCUT2D eigenvalue weighted by molar-refractivity contribution is 9.10. The van der Waals surface area contributed by atoms with Gasteiger partial charge in [0.1, 0.15) is 12.3 Å². The van der Waals surface area contributed by atoms with Crippen molar-refractivity contribution in [1.29, 1.82) is 0 Å². The summed E-state index contributed by atoms with van der Waals surface area (Å²) in [5.41, 5.74) is 3.45. The van der Waals surface area contributed by atoms with Crippen molar-refractivity contribution in [3.63, 3.8) is 0 Å². The molecule has 0 radical (unpaired) electrons. The van der Waals surface area contributed by atoms with Crippen LogP contribution < -0.4 is 14.5 Å². The van der Waals surface area contributed by atoms with Crippen molar-refractivity contribution in [3.8, 4) is 5.75 Å². The molecule has 2 aromatic carbocycles. The van der Waals surface area contributed by atoms with Crippen molar-refractivity contribution >= 4 is 43.8 Å². The van der Waals surface area contributed by atoms with Gasteiger partial charge in [0.2, 0.25) is 10.0 Å². The van der Waals surface area contributed by atoms with Crippen LogP contribution in [0, 0.1) is 0 Å². The standard InChI is InChI=1S/C17H18BrN3O4S/c1-25-16-8-4-7-15(10-16)21(26(2,23)24)12-17(22)20-19-11-13-5-3-6-14(18)9-13/h3-11H,12H2,1-2H3,(H,20,22)/b19-11-. The Kier molecular flexibility index (Phi) is 6.76. The SMILES string of the molecule is COc1cccc(N(CC(=O)N/N=C\c2cccc(Br)c2)S(C)(=O)=O)c1. The fourth-order valence-corrected chi connectivity index (χ4v) is 3.36. The molecule has 0 unspecified atom stereocenters. The van der Waals surface area contributed by atoms with Crippen LogP contribution in [-0.4, -0.2) is 40.4 Å². The Bertz CT molecular complexity index is 916. The maximum absolute atomic E-state index is 12.1. The van der Waals surface area contributed by atoms with Gasteiger partial charge in [-0.25, -0.2) is 13.8 Å². The van der Waals surface area contributed by atoms with E-state index in [4.69, 9.17) is 4.74 Å². The molecule has 0 spiro atoms. The van der Waals surface area contributed by atoms with Gasteiger partial charge in [-0.2, -0.15) is 5.10 Å². The maximum Gasteiger partial charge on any atom is 0.260 e. The molecule has 26 heavy (non-hydrogen) atoms. The van der Waals surface area contributed by atoms with Crippen LogP contribution in [0.4, 0.5) is 5.69 Å². The van der Waals surface area contributed by atoms with E-state index in [1.54, 1.807) is 24.3 Å². The fourth-order valence-electron chi connectivity index (χ4n) is 2.10. The van der Waals surface area contributed by atoms with Gasteiger partial charge >= 0.3 is 0 Å². The van der Waals surface area contributed by atoms with E-state index >= 15 is 0 Å². The van der Waals surface area contributed by atoms with Crippen LogP contribution in [0.2, 0.25) is 0 Å². The third-order valence-corrected chi connectivity index (χ3v) is 4.91. The number of benzene rings is 2. The number of rotatable bonds is 7. The van der Waals surface area contributed by atoms with Gasteiger partial charge in [0.25, 0.3) is 5.91 Å². The summed E-state index contributed by atoms with van der Waals surface area (Å²) >= 11 is 3.34. The summed E-state index contributed by atoms with van der Waals surface area (Å²) in [6.07, 6.45) is 2.50. The van der Waals surface area contributed by atoms with Crippen LogP contribution in [0.25, 0.3) is 0 Å². The van der Waals surface area contributed by atoms with Gasteiger partial charge in [0.15, 0.2) is 0 Å². The molecule has 0 aromatic heterocycles. The summed E-state index contributed by atoms with van der Waals surface area (Å²) in [5, 5.41) is 3.85. The summed E-state index contributed by atoms with van der Waals surface area (Å²) in [6, 6.07) is 13.8. The van der Waals surface area contributed by atoms with E-state index in [2.05, 4.69) is 26.5 Å². The first-order valence-electron chi connectivity index (χ1n) is 7.49. The lowest BCUT2D eigenvalue weighted by Crippen LogP contribution is -2.39. The highest BCUT2D eigenvalue weighted by atomic mass is 79.9. The van der Waals surface area contributed by atoms with Crippen LogP contribution in [0.5, 0.6) is 5.75 Å². The Morgan fingerprint density at radius 1 is 1.27 bits per heavy atom. The van der Waals surface area contributed by atoms with Crippen molar-refractivity contribution in [3.05, 3.63) is 58.6 Å². The smallest absolute Gasteiger partial charge is 0.260 e. The Morgan fingerprint density at radius 2 is 2.00 bits per heavy atom. The average molecular weight is 440 g/mol. The van der Waals surface area contributed by atoms with Gasteiger partial charge < -0.3 is 4.74 Å². The van der Waals surface area contributed by atoms with Crippen LogP contribution in [-0.2, 0) is 14.8 Å². The molecular formula is C17H18BrN3O4S. The number of anilines is 1. The van der Waals surface area contributed by atoms with E-state index < -0.39 is 22.5 Å². The first-order chi connectivity index (χ1) is 12.3. The predicted octanol–water partition coefficient (Wildman–Crippen LogP) is 2.37. The topological polar surface area (TPSA) is 88.1 Å². The molecule has 0 saturated heterocycles. The highest BCUT2D eigenvalue weighted by Gasteiger charge is 2.21. The van der Waals surface area contributed by atoms with Crippen molar-refractivity contribution in [1.82, 2.24) is 5.43 Å². The van der Waals surface area contributed by atoms with Crippen molar-refractivity contribution in [2.75, 3.05) is 24.2 Å². The highest BCUT2D eigenvalue weighted by Crippen LogP contribution is 2.22. The largest absolute Gasteiger partial charge is 0.497 e. The molecule has 0 atom stereocenters. The van der Waals surface area contributed by atoms with Gasteiger partial charge in [-0.05, 0) is 29.8 Å². The normalized spacial score (nSPS) is 11.3. The molecule has 9 heteroatoms. The second-order valence-electron chi connectivity index (χ2n) is 5.32. The zero-order valence-corrected chi connectivity index (χ0v) is 16.6. The number of amides is 1. The molecule has 1 amide bonds. The molecule has 2 rings (SSSR count).